The number of nitrogens with zero attached hydrogens (tertiary/aromatic N) is 3. The summed E-state index contributed by atoms with van der Waals surface area (Å²) in [5.41, 5.74) is 0.935. The number of rotatable bonds is 3. The Bertz CT molecular complexity index is 587. The van der Waals surface area contributed by atoms with E-state index < -0.39 is 0 Å². The van der Waals surface area contributed by atoms with Gasteiger partial charge in [-0.1, -0.05) is 12.1 Å². The van der Waals surface area contributed by atoms with Gasteiger partial charge in [-0.2, -0.15) is 4.98 Å². The van der Waals surface area contributed by atoms with Crippen LogP contribution >= 0.6 is 0 Å². The van der Waals surface area contributed by atoms with Crippen molar-refractivity contribution in [3.05, 3.63) is 24.3 Å². The number of para-hydroxylation sites is 1. The van der Waals surface area contributed by atoms with Gasteiger partial charge in [0.25, 0.3) is 0 Å². The van der Waals surface area contributed by atoms with Crippen LogP contribution in [0.4, 0.5) is 11.8 Å². The van der Waals surface area contributed by atoms with E-state index in [1.54, 1.807) is 0 Å². The van der Waals surface area contributed by atoms with Crippen molar-refractivity contribution < 1.29 is 5.11 Å². The molecule has 100 valence electrons. The second-order valence-electron chi connectivity index (χ2n) is 4.81. The highest BCUT2D eigenvalue weighted by molar-refractivity contribution is 5.90. The molecule has 3 rings (SSSR count). The SMILES string of the molecule is CCNc1nc(N2CCC(O)C2)c2ccccc2n1. The van der Waals surface area contributed by atoms with Crippen LogP contribution in [0.15, 0.2) is 24.3 Å². The molecule has 1 fully saturated rings. The average molecular weight is 258 g/mol. The lowest BCUT2D eigenvalue weighted by atomic mass is 10.2. The smallest absolute Gasteiger partial charge is 0.225 e. The third-order valence-electron chi connectivity index (χ3n) is 3.38. The highest BCUT2D eigenvalue weighted by atomic mass is 16.3. The number of anilines is 2. The molecule has 0 aliphatic carbocycles. The standard InChI is InChI=1S/C14H18N4O/c1-2-15-14-16-12-6-4-3-5-11(12)13(17-14)18-8-7-10(19)9-18/h3-6,10,19H,2,7-9H2,1H3,(H,15,16,17). The molecule has 1 aliphatic heterocycles. The maximum atomic E-state index is 9.70. The first-order valence-electron chi connectivity index (χ1n) is 6.71. The fourth-order valence-corrected chi connectivity index (χ4v) is 2.47. The first-order chi connectivity index (χ1) is 9.28. The normalized spacial score (nSPS) is 19.1. The number of nitrogens with one attached hydrogen (secondary N) is 1. The second kappa shape index (κ2) is 5.01. The number of aromatic nitrogens is 2. The maximum absolute atomic E-state index is 9.70. The van der Waals surface area contributed by atoms with Gasteiger partial charge in [0.15, 0.2) is 0 Å². The van der Waals surface area contributed by atoms with Crippen molar-refractivity contribution in [2.45, 2.75) is 19.4 Å². The molecule has 0 amide bonds. The lowest BCUT2D eigenvalue weighted by Crippen LogP contribution is -2.23. The van der Waals surface area contributed by atoms with Gasteiger partial charge in [0.1, 0.15) is 5.82 Å². The van der Waals surface area contributed by atoms with Crippen molar-refractivity contribution >= 4 is 22.7 Å². The molecule has 1 aromatic carbocycles. The molecule has 1 unspecified atom stereocenters. The van der Waals surface area contributed by atoms with Crippen LogP contribution in [0.3, 0.4) is 0 Å². The molecule has 1 saturated heterocycles. The van der Waals surface area contributed by atoms with E-state index in [9.17, 15) is 5.11 Å². The van der Waals surface area contributed by atoms with Crippen LogP contribution < -0.4 is 10.2 Å². The molecule has 19 heavy (non-hydrogen) atoms. The molecule has 0 spiro atoms. The number of β-amino-alcohol motifs (C(OH)–C–C–N with tert-alkyl or cyclic N) is 1. The van der Waals surface area contributed by atoms with E-state index in [4.69, 9.17) is 0 Å². The molecular formula is C14H18N4O. The summed E-state index contributed by atoms with van der Waals surface area (Å²) in [7, 11) is 0. The zero-order valence-corrected chi connectivity index (χ0v) is 11.0. The molecule has 1 atom stereocenters. The van der Waals surface area contributed by atoms with Gasteiger partial charge in [-0.3, -0.25) is 0 Å². The number of aliphatic hydroxyl groups is 1. The van der Waals surface area contributed by atoms with E-state index in [0.717, 1.165) is 36.2 Å². The van der Waals surface area contributed by atoms with Crippen LogP contribution in [-0.2, 0) is 0 Å². The highest BCUT2D eigenvalue weighted by Gasteiger charge is 2.23. The molecule has 0 radical (unpaired) electrons. The Morgan fingerprint density at radius 2 is 2.21 bits per heavy atom. The summed E-state index contributed by atoms with van der Waals surface area (Å²) in [4.78, 5) is 11.2. The zero-order chi connectivity index (χ0) is 13.2. The van der Waals surface area contributed by atoms with Gasteiger partial charge in [0, 0.05) is 25.0 Å². The van der Waals surface area contributed by atoms with Gasteiger partial charge >= 0.3 is 0 Å². The van der Waals surface area contributed by atoms with E-state index in [1.807, 2.05) is 31.2 Å². The summed E-state index contributed by atoms with van der Waals surface area (Å²) in [6.45, 7) is 4.30. The fourth-order valence-electron chi connectivity index (χ4n) is 2.47. The van der Waals surface area contributed by atoms with Crippen molar-refractivity contribution in [3.63, 3.8) is 0 Å². The van der Waals surface area contributed by atoms with Gasteiger partial charge in [0.2, 0.25) is 5.95 Å². The topological polar surface area (TPSA) is 61.3 Å². The fraction of sp³-hybridized carbons (Fsp3) is 0.429. The third-order valence-corrected chi connectivity index (χ3v) is 3.38. The minimum absolute atomic E-state index is 0.253. The molecule has 5 heteroatoms. The molecule has 2 N–H and O–H groups in total. The van der Waals surface area contributed by atoms with E-state index in [0.29, 0.717) is 12.5 Å². The van der Waals surface area contributed by atoms with Crippen LogP contribution in [-0.4, -0.2) is 40.8 Å². The largest absolute Gasteiger partial charge is 0.391 e. The predicted molar refractivity (Wildman–Crippen MR) is 76.5 cm³/mol. The molecule has 2 aromatic rings. The Hall–Kier alpha value is -1.88. The first-order valence-corrected chi connectivity index (χ1v) is 6.71. The molecule has 0 saturated carbocycles. The van der Waals surface area contributed by atoms with Gasteiger partial charge in [-0.15, -0.1) is 0 Å². The first kappa shape index (κ1) is 12.2. The number of aliphatic hydroxyl groups excluding tert-OH is 1. The van der Waals surface area contributed by atoms with Gasteiger partial charge in [-0.05, 0) is 25.5 Å². The number of hydrogen-bond donors (Lipinski definition) is 2. The Morgan fingerprint density at radius 3 is 2.95 bits per heavy atom. The molecule has 0 bridgehead atoms. The van der Waals surface area contributed by atoms with E-state index in [-0.39, 0.29) is 6.10 Å². The third kappa shape index (κ3) is 2.33. The molecule has 1 aromatic heterocycles. The Labute approximate surface area is 112 Å². The molecular weight excluding hydrogens is 240 g/mol. The predicted octanol–water partition coefficient (Wildman–Crippen LogP) is 1.63. The molecule has 1 aliphatic rings. The summed E-state index contributed by atoms with van der Waals surface area (Å²) < 4.78 is 0. The summed E-state index contributed by atoms with van der Waals surface area (Å²) in [6.07, 6.45) is 0.547. The Balaban J connectivity index is 2.09. The van der Waals surface area contributed by atoms with Crippen molar-refractivity contribution in [2.24, 2.45) is 0 Å². The van der Waals surface area contributed by atoms with Crippen LogP contribution in [0.1, 0.15) is 13.3 Å². The quantitative estimate of drug-likeness (QED) is 0.876. The second-order valence-corrected chi connectivity index (χ2v) is 4.81. The van der Waals surface area contributed by atoms with E-state index in [2.05, 4.69) is 20.2 Å². The minimum atomic E-state index is -0.253. The van der Waals surface area contributed by atoms with Crippen molar-refractivity contribution in [3.8, 4) is 0 Å². The van der Waals surface area contributed by atoms with Crippen molar-refractivity contribution in [2.75, 3.05) is 29.9 Å². The zero-order valence-electron chi connectivity index (χ0n) is 11.0. The van der Waals surface area contributed by atoms with Crippen molar-refractivity contribution in [1.29, 1.82) is 0 Å². The molecule has 2 heterocycles. The summed E-state index contributed by atoms with van der Waals surface area (Å²) in [5, 5.41) is 13.9. The van der Waals surface area contributed by atoms with Gasteiger partial charge in [0.05, 0.1) is 11.6 Å². The average Bonchev–Trinajstić information content (AvgIpc) is 2.85. The van der Waals surface area contributed by atoms with Gasteiger partial charge in [-0.25, -0.2) is 4.98 Å². The van der Waals surface area contributed by atoms with Crippen molar-refractivity contribution in [1.82, 2.24) is 9.97 Å². The van der Waals surface area contributed by atoms with Crippen LogP contribution in [0, 0.1) is 0 Å². The number of hydrogen-bond acceptors (Lipinski definition) is 5. The van der Waals surface area contributed by atoms with Gasteiger partial charge < -0.3 is 15.3 Å². The molecule has 5 nitrogen and oxygen atoms in total. The maximum Gasteiger partial charge on any atom is 0.225 e. The summed E-state index contributed by atoms with van der Waals surface area (Å²) in [6, 6.07) is 8.00. The minimum Gasteiger partial charge on any atom is -0.391 e. The van der Waals surface area contributed by atoms with Crippen LogP contribution in [0.5, 0.6) is 0 Å². The Kier molecular flexibility index (Phi) is 3.21. The van der Waals surface area contributed by atoms with E-state index >= 15 is 0 Å². The summed E-state index contributed by atoms with van der Waals surface area (Å²) in [5.74, 6) is 1.57. The highest BCUT2D eigenvalue weighted by Crippen LogP contribution is 2.27. The number of benzene rings is 1. The van der Waals surface area contributed by atoms with E-state index in [1.165, 1.54) is 0 Å². The van der Waals surface area contributed by atoms with Crippen LogP contribution in [0.25, 0.3) is 10.9 Å². The lowest BCUT2D eigenvalue weighted by Gasteiger charge is -2.19. The van der Waals surface area contributed by atoms with Crippen LogP contribution in [0.2, 0.25) is 0 Å². The number of fused-ring (bicyclic) bond motifs is 1. The lowest BCUT2D eigenvalue weighted by molar-refractivity contribution is 0.198. The Morgan fingerprint density at radius 1 is 1.37 bits per heavy atom. The summed E-state index contributed by atoms with van der Waals surface area (Å²) >= 11 is 0. The monoisotopic (exact) mass is 258 g/mol.